The van der Waals surface area contributed by atoms with Gasteiger partial charge in [0.25, 0.3) is 0 Å². The summed E-state index contributed by atoms with van der Waals surface area (Å²) in [7, 11) is 3.73. The maximum absolute atomic E-state index is 9.91. The third-order valence-corrected chi connectivity index (χ3v) is 3.32. The van der Waals surface area contributed by atoms with Gasteiger partial charge in [-0.2, -0.15) is 0 Å². The van der Waals surface area contributed by atoms with Gasteiger partial charge >= 0.3 is 0 Å². The first-order valence-corrected chi connectivity index (χ1v) is 6.19. The Morgan fingerprint density at radius 1 is 1.47 bits per heavy atom. The normalized spacial score (nSPS) is 16.7. The third-order valence-electron chi connectivity index (χ3n) is 3.32. The van der Waals surface area contributed by atoms with E-state index in [9.17, 15) is 5.11 Å². The first kappa shape index (κ1) is 12.2. The van der Waals surface area contributed by atoms with Gasteiger partial charge < -0.3 is 14.7 Å². The van der Waals surface area contributed by atoms with Crippen molar-refractivity contribution in [3.63, 3.8) is 0 Å². The summed E-state index contributed by atoms with van der Waals surface area (Å²) in [5.41, 5.74) is 1.96. The van der Waals surface area contributed by atoms with E-state index < -0.39 is 6.10 Å². The van der Waals surface area contributed by atoms with Crippen LogP contribution in [0.2, 0.25) is 0 Å². The van der Waals surface area contributed by atoms with Crippen molar-refractivity contribution in [1.82, 2.24) is 0 Å². The average molecular weight is 235 g/mol. The number of aliphatic hydroxyl groups is 1. The zero-order valence-corrected chi connectivity index (χ0v) is 10.8. The molecule has 0 spiro atoms. The Bertz CT molecular complexity index is 386. The van der Waals surface area contributed by atoms with Crippen LogP contribution in [0.15, 0.2) is 18.2 Å². The molecule has 1 aliphatic rings. The molecule has 2 rings (SSSR count). The second-order valence-corrected chi connectivity index (χ2v) is 4.89. The van der Waals surface area contributed by atoms with Gasteiger partial charge in [0.05, 0.1) is 13.2 Å². The molecule has 0 aliphatic heterocycles. The minimum Gasteiger partial charge on any atom is -0.496 e. The highest BCUT2D eigenvalue weighted by molar-refractivity contribution is 5.60. The summed E-state index contributed by atoms with van der Waals surface area (Å²) in [5, 5.41) is 9.91. The Morgan fingerprint density at radius 2 is 2.18 bits per heavy atom. The monoisotopic (exact) mass is 235 g/mol. The van der Waals surface area contributed by atoms with Crippen LogP contribution in [0.3, 0.4) is 0 Å². The van der Waals surface area contributed by atoms with Gasteiger partial charge in [-0.1, -0.05) is 6.07 Å². The second-order valence-electron chi connectivity index (χ2n) is 4.89. The number of aliphatic hydroxyl groups excluding tert-OH is 1. The van der Waals surface area contributed by atoms with Gasteiger partial charge in [0, 0.05) is 24.8 Å². The highest BCUT2D eigenvalue weighted by atomic mass is 16.5. The fraction of sp³-hybridized carbons (Fsp3) is 0.571. The summed E-state index contributed by atoms with van der Waals surface area (Å²) in [6.45, 7) is 2.85. The van der Waals surface area contributed by atoms with Crippen molar-refractivity contribution in [2.24, 2.45) is 5.92 Å². The number of ether oxygens (including phenoxy) is 1. The smallest absolute Gasteiger partial charge is 0.126 e. The van der Waals surface area contributed by atoms with Crippen LogP contribution < -0.4 is 9.64 Å². The standard InChI is InChI=1S/C14H21NO2/c1-10(16)14-12(5-4-6-13(14)17-3)15(2)9-11-7-8-11/h4-6,10-11,16H,7-9H2,1-3H3. The molecule has 0 bridgehead atoms. The molecule has 1 aliphatic carbocycles. The van der Waals surface area contributed by atoms with Crippen molar-refractivity contribution in [3.8, 4) is 5.75 Å². The van der Waals surface area contributed by atoms with Crippen LogP contribution in [-0.4, -0.2) is 25.8 Å². The lowest BCUT2D eigenvalue weighted by Crippen LogP contribution is -2.22. The molecule has 1 aromatic rings. The predicted octanol–water partition coefficient (Wildman–Crippen LogP) is 2.59. The summed E-state index contributed by atoms with van der Waals surface area (Å²) >= 11 is 0. The fourth-order valence-corrected chi connectivity index (χ4v) is 2.25. The Hall–Kier alpha value is -1.22. The summed E-state index contributed by atoms with van der Waals surface area (Å²) in [4.78, 5) is 2.22. The molecule has 0 amide bonds. The topological polar surface area (TPSA) is 32.7 Å². The molecular weight excluding hydrogens is 214 g/mol. The number of benzene rings is 1. The van der Waals surface area contributed by atoms with Gasteiger partial charge in [-0.25, -0.2) is 0 Å². The number of methoxy groups -OCH3 is 1. The van der Waals surface area contributed by atoms with E-state index in [0.29, 0.717) is 0 Å². The zero-order chi connectivity index (χ0) is 12.4. The van der Waals surface area contributed by atoms with Crippen LogP contribution in [0.5, 0.6) is 5.75 Å². The van der Waals surface area contributed by atoms with Crippen molar-refractivity contribution in [2.45, 2.75) is 25.9 Å². The van der Waals surface area contributed by atoms with E-state index in [0.717, 1.165) is 29.5 Å². The average Bonchev–Trinajstić information content (AvgIpc) is 3.11. The quantitative estimate of drug-likeness (QED) is 0.851. The van der Waals surface area contributed by atoms with Gasteiger partial charge in [-0.3, -0.25) is 0 Å². The van der Waals surface area contributed by atoms with Crippen LogP contribution in [0.25, 0.3) is 0 Å². The molecular formula is C14H21NO2. The number of hydrogen-bond donors (Lipinski definition) is 1. The molecule has 1 aromatic carbocycles. The molecule has 0 saturated heterocycles. The summed E-state index contributed by atoms with van der Waals surface area (Å²) < 4.78 is 5.33. The highest BCUT2D eigenvalue weighted by Crippen LogP contribution is 2.36. The van der Waals surface area contributed by atoms with Crippen molar-refractivity contribution in [3.05, 3.63) is 23.8 Å². The van der Waals surface area contributed by atoms with Gasteiger partial charge in [0.1, 0.15) is 5.75 Å². The lowest BCUT2D eigenvalue weighted by atomic mass is 10.1. The molecule has 1 fully saturated rings. The van der Waals surface area contributed by atoms with Crippen molar-refractivity contribution < 1.29 is 9.84 Å². The first-order valence-electron chi connectivity index (χ1n) is 6.19. The van der Waals surface area contributed by atoms with Gasteiger partial charge in [-0.15, -0.1) is 0 Å². The zero-order valence-electron chi connectivity index (χ0n) is 10.8. The molecule has 1 unspecified atom stereocenters. The molecule has 1 atom stereocenters. The van der Waals surface area contributed by atoms with E-state index in [1.54, 1.807) is 14.0 Å². The molecule has 1 N–H and O–H groups in total. The number of anilines is 1. The van der Waals surface area contributed by atoms with Gasteiger partial charge in [0.2, 0.25) is 0 Å². The maximum Gasteiger partial charge on any atom is 0.126 e. The van der Waals surface area contributed by atoms with E-state index in [4.69, 9.17) is 4.74 Å². The molecule has 1 saturated carbocycles. The Labute approximate surface area is 103 Å². The van der Waals surface area contributed by atoms with Crippen LogP contribution in [-0.2, 0) is 0 Å². The van der Waals surface area contributed by atoms with Crippen LogP contribution >= 0.6 is 0 Å². The van der Waals surface area contributed by atoms with Gasteiger partial charge in [0.15, 0.2) is 0 Å². The minimum atomic E-state index is -0.511. The molecule has 0 radical (unpaired) electrons. The Kier molecular flexibility index (Phi) is 3.57. The first-order chi connectivity index (χ1) is 8.13. The van der Waals surface area contributed by atoms with Crippen LogP contribution in [0.4, 0.5) is 5.69 Å². The lowest BCUT2D eigenvalue weighted by molar-refractivity contribution is 0.194. The van der Waals surface area contributed by atoms with Crippen LogP contribution in [0, 0.1) is 5.92 Å². The number of rotatable bonds is 5. The second kappa shape index (κ2) is 4.96. The molecule has 94 valence electrons. The number of nitrogens with zero attached hydrogens (tertiary/aromatic N) is 1. The largest absolute Gasteiger partial charge is 0.496 e. The van der Waals surface area contributed by atoms with Crippen molar-refractivity contribution in [2.75, 3.05) is 25.6 Å². The van der Waals surface area contributed by atoms with E-state index in [1.807, 2.05) is 18.2 Å². The molecule has 3 heteroatoms. The molecule has 3 nitrogen and oxygen atoms in total. The number of hydrogen-bond acceptors (Lipinski definition) is 3. The third kappa shape index (κ3) is 2.72. The van der Waals surface area contributed by atoms with Crippen molar-refractivity contribution in [1.29, 1.82) is 0 Å². The van der Waals surface area contributed by atoms with Crippen LogP contribution in [0.1, 0.15) is 31.4 Å². The van der Waals surface area contributed by atoms with E-state index in [2.05, 4.69) is 11.9 Å². The van der Waals surface area contributed by atoms with E-state index in [1.165, 1.54) is 12.8 Å². The summed E-state index contributed by atoms with van der Waals surface area (Å²) in [6.07, 6.45) is 2.15. The minimum absolute atomic E-state index is 0.511. The SMILES string of the molecule is COc1cccc(N(C)CC2CC2)c1C(C)O. The predicted molar refractivity (Wildman–Crippen MR) is 69.6 cm³/mol. The molecule has 0 aromatic heterocycles. The van der Waals surface area contributed by atoms with Crippen molar-refractivity contribution >= 4 is 5.69 Å². The molecule has 17 heavy (non-hydrogen) atoms. The van der Waals surface area contributed by atoms with Gasteiger partial charge in [-0.05, 0) is 37.8 Å². The lowest BCUT2D eigenvalue weighted by Gasteiger charge is -2.25. The fourth-order valence-electron chi connectivity index (χ4n) is 2.25. The summed E-state index contributed by atoms with van der Waals surface area (Å²) in [5.74, 6) is 1.59. The van der Waals surface area contributed by atoms with E-state index >= 15 is 0 Å². The Balaban J connectivity index is 2.29. The Morgan fingerprint density at radius 3 is 2.71 bits per heavy atom. The van der Waals surface area contributed by atoms with E-state index in [-0.39, 0.29) is 0 Å². The summed E-state index contributed by atoms with van der Waals surface area (Å²) in [6, 6.07) is 5.92. The highest BCUT2D eigenvalue weighted by Gasteiger charge is 2.25. The molecule has 0 heterocycles. The maximum atomic E-state index is 9.91.